The van der Waals surface area contributed by atoms with Gasteiger partial charge in [-0.3, -0.25) is 9.59 Å². The molecule has 1 fully saturated rings. The summed E-state index contributed by atoms with van der Waals surface area (Å²) >= 11 is 0. The summed E-state index contributed by atoms with van der Waals surface area (Å²) in [5.41, 5.74) is 0. The van der Waals surface area contributed by atoms with Crippen LogP contribution in [-0.4, -0.2) is 87.7 Å². The van der Waals surface area contributed by atoms with Gasteiger partial charge in [0.2, 0.25) is 0 Å². The van der Waals surface area contributed by atoms with Crippen LogP contribution in [0, 0.1) is 5.92 Å². The topological polar surface area (TPSA) is 86.3 Å². The van der Waals surface area contributed by atoms with E-state index in [0.717, 1.165) is 32.7 Å². The molecule has 0 aromatic heterocycles. The van der Waals surface area contributed by atoms with Crippen LogP contribution in [0.5, 0.6) is 0 Å². The van der Waals surface area contributed by atoms with Crippen molar-refractivity contribution in [3.05, 3.63) is 0 Å². The summed E-state index contributed by atoms with van der Waals surface area (Å²) in [6.07, 6.45) is 0.166. The van der Waals surface area contributed by atoms with Crippen LogP contribution in [0.1, 0.15) is 47.5 Å². The number of carbonyl (C=O) groups excluding carboxylic acids is 2. The Hall–Kier alpha value is -1.22. The lowest BCUT2D eigenvalue weighted by molar-refractivity contribution is -0.155. The van der Waals surface area contributed by atoms with Crippen molar-refractivity contribution in [1.29, 1.82) is 0 Å². The normalized spacial score (nSPS) is 18.3. The van der Waals surface area contributed by atoms with Crippen LogP contribution in [0.4, 0.5) is 0 Å². The monoisotopic (exact) mass is 416 g/mol. The van der Waals surface area contributed by atoms with E-state index in [1.165, 1.54) is 0 Å². The second kappa shape index (κ2) is 14.7. The highest BCUT2D eigenvalue weighted by Crippen LogP contribution is 2.05. The van der Waals surface area contributed by atoms with Crippen molar-refractivity contribution in [3.63, 3.8) is 0 Å². The molecule has 3 unspecified atom stereocenters. The van der Waals surface area contributed by atoms with Crippen molar-refractivity contribution in [1.82, 2.24) is 10.2 Å². The van der Waals surface area contributed by atoms with Gasteiger partial charge in [-0.2, -0.15) is 0 Å². The summed E-state index contributed by atoms with van der Waals surface area (Å²) in [4.78, 5) is 25.8. The van der Waals surface area contributed by atoms with E-state index < -0.39 is 0 Å². The van der Waals surface area contributed by atoms with E-state index in [9.17, 15) is 9.59 Å². The molecule has 0 aromatic rings. The zero-order valence-electron chi connectivity index (χ0n) is 18.8. The first-order valence-electron chi connectivity index (χ1n) is 10.8. The largest absolute Gasteiger partial charge is 0.463 e. The molecule has 8 heteroatoms. The lowest BCUT2D eigenvalue weighted by Crippen LogP contribution is -2.44. The summed E-state index contributed by atoms with van der Waals surface area (Å²) in [7, 11) is 0. The van der Waals surface area contributed by atoms with E-state index in [1.54, 1.807) is 0 Å². The van der Waals surface area contributed by atoms with Gasteiger partial charge in [0.1, 0.15) is 12.7 Å². The second-order valence-corrected chi connectivity index (χ2v) is 8.21. The SMILES string of the molecule is CC(C)CC(=O)OCC(C)OCC(C)OCC(C)OC(=O)CCN1CCNCC1. The molecule has 1 saturated heterocycles. The number of nitrogens with one attached hydrogen (secondary N) is 1. The number of carbonyl (C=O) groups is 2. The van der Waals surface area contributed by atoms with Gasteiger partial charge >= 0.3 is 11.9 Å². The predicted octanol–water partition coefficient (Wildman–Crippen LogP) is 1.61. The molecule has 0 amide bonds. The van der Waals surface area contributed by atoms with Crippen LogP contribution in [0.15, 0.2) is 0 Å². The van der Waals surface area contributed by atoms with Crippen molar-refractivity contribution in [2.24, 2.45) is 5.92 Å². The lowest BCUT2D eigenvalue weighted by Gasteiger charge is -2.26. The van der Waals surface area contributed by atoms with Crippen molar-refractivity contribution < 1.29 is 28.5 Å². The maximum absolute atomic E-state index is 12.0. The number of hydrogen-bond donors (Lipinski definition) is 1. The van der Waals surface area contributed by atoms with Crippen molar-refractivity contribution in [3.8, 4) is 0 Å². The van der Waals surface area contributed by atoms with Gasteiger partial charge in [0, 0.05) is 39.1 Å². The molecule has 0 aliphatic carbocycles. The highest BCUT2D eigenvalue weighted by atomic mass is 16.6. The third kappa shape index (κ3) is 13.6. The molecule has 1 heterocycles. The van der Waals surface area contributed by atoms with E-state index in [0.29, 0.717) is 26.1 Å². The minimum absolute atomic E-state index is 0.147. The van der Waals surface area contributed by atoms with Crippen LogP contribution in [0.3, 0.4) is 0 Å². The van der Waals surface area contributed by atoms with Gasteiger partial charge in [-0.1, -0.05) is 13.8 Å². The summed E-state index contributed by atoms with van der Waals surface area (Å²) in [5.74, 6) is -0.113. The molecule has 0 saturated carbocycles. The first-order valence-corrected chi connectivity index (χ1v) is 10.8. The molecule has 0 aromatic carbocycles. The first-order chi connectivity index (χ1) is 13.8. The molecule has 1 rings (SSSR count). The van der Waals surface area contributed by atoms with Crippen LogP contribution in [0.25, 0.3) is 0 Å². The second-order valence-electron chi connectivity index (χ2n) is 8.21. The van der Waals surface area contributed by atoms with Gasteiger partial charge < -0.3 is 29.2 Å². The fourth-order valence-electron chi connectivity index (χ4n) is 2.80. The lowest BCUT2D eigenvalue weighted by atomic mass is 10.1. The zero-order valence-corrected chi connectivity index (χ0v) is 18.8. The Morgan fingerprint density at radius 2 is 1.45 bits per heavy atom. The van der Waals surface area contributed by atoms with Crippen LogP contribution < -0.4 is 5.32 Å². The third-order valence-electron chi connectivity index (χ3n) is 4.46. The van der Waals surface area contributed by atoms with Crippen LogP contribution in [0.2, 0.25) is 0 Å². The molecule has 0 spiro atoms. The molecule has 8 nitrogen and oxygen atoms in total. The molecule has 1 aliphatic rings. The van der Waals surface area contributed by atoms with Gasteiger partial charge in [0.05, 0.1) is 31.8 Å². The van der Waals surface area contributed by atoms with Gasteiger partial charge in [-0.25, -0.2) is 0 Å². The van der Waals surface area contributed by atoms with Crippen molar-refractivity contribution in [2.75, 3.05) is 52.5 Å². The highest BCUT2D eigenvalue weighted by Gasteiger charge is 2.16. The predicted molar refractivity (Wildman–Crippen MR) is 111 cm³/mol. The van der Waals surface area contributed by atoms with Crippen LogP contribution in [-0.2, 0) is 28.5 Å². The molecule has 170 valence electrons. The van der Waals surface area contributed by atoms with Crippen molar-refractivity contribution in [2.45, 2.75) is 65.8 Å². The van der Waals surface area contributed by atoms with Gasteiger partial charge in [-0.15, -0.1) is 0 Å². The molecule has 3 atom stereocenters. The van der Waals surface area contributed by atoms with Gasteiger partial charge in [0.15, 0.2) is 0 Å². The molecule has 29 heavy (non-hydrogen) atoms. The van der Waals surface area contributed by atoms with E-state index in [2.05, 4.69) is 10.2 Å². The van der Waals surface area contributed by atoms with E-state index in [1.807, 2.05) is 34.6 Å². The number of nitrogens with zero attached hydrogens (tertiary/aromatic N) is 1. The summed E-state index contributed by atoms with van der Waals surface area (Å²) < 4.78 is 22.0. The Kier molecular flexibility index (Phi) is 13.1. The fourth-order valence-corrected chi connectivity index (χ4v) is 2.80. The first kappa shape index (κ1) is 25.8. The average molecular weight is 417 g/mol. The molecule has 1 aliphatic heterocycles. The van der Waals surface area contributed by atoms with Crippen LogP contribution >= 0.6 is 0 Å². The Morgan fingerprint density at radius 1 is 0.862 bits per heavy atom. The minimum atomic E-state index is -0.303. The smallest absolute Gasteiger partial charge is 0.307 e. The van der Waals surface area contributed by atoms with E-state index >= 15 is 0 Å². The molecular formula is C21H40N2O6. The molecule has 1 N–H and O–H groups in total. The standard InChI is InChI=1S/C21H40N2O6/c1-16(2)12-21(25)28-14-18(4)26-13-17(3)27-15-19(5)29-20(24)6-9-23-10-7-22-8-11-23/h16-19,22H,6-15H2,1-5H3. The number of ether oxygens (including phenoxy) is 4. The summed E-state index contributed by atoms with van der Waals surface area (Å²) in [5, 5.41) is 3.29. The third-order valence-corrected chi connectivity index (χ3v) is 4.46. The number of hydrogen-bond acceptors (Lipinski definition) is 8. The maximum Gasteiger partial charge on any atom is 0.307 e. The zero-order chi connectivity index (χ0) is 21.6. The van der Waals surface area contributed by atoms with Gasteiger partial charge in [-0.05, 0) is 26.7 Å². The quantitative estimate of drug-likeness (QED) is 0.428. The molecular weight excluding hydrogens is 376 g/mol. The Balaban J connectivity index is 2.07. The Morgan fingerprint density at radius 3 is 2.07 bits per heavy atom. The fraction of sp³-hybridized carbons (Fsp3) is 0.905. The maximum atomic E-state index is 12.0. The number of rotatable bonds is 14. The van der Waals surface area contributed by atoms with E-state index in [-0.39, 0.29) is 42.8 Å². The summed E-state index contributed by atoms with van der Waals surface area (Å²) in [6.45, 7) is 15.1. The molecule has 0 bridgehead atoms. The Labute approximate surface area is 175 Å². The van der Waals surface area contributed by atoms with Crippen molar-refractivity contribution >= 4 is 11.9 Å². The average Bonchev–Trinajstić information content (AvgIpc) is 2.68. The van der Waals surface area contributed by atoms with Gasteiger partial charge in [0.25, 0.3) is 0 Å². The van der Waals surface area contributed by atoms with E-state index in [4.69, 9.17) is 18.9 Å². The molecule has 0 radical (unpaired) electrons. The highest BCUT2D eigenvalue weighted by molar-refractivity contribution is 5.70. The minimum Gasteiger partial charge on any atom is -0.463 e. The number of piperazine rings is 1. The Bertz CT molecular complexity index is 468. The summed E-state index contributed by atoms with van der Waals surface area (Å²) in [6, 6.07) is 0. The number of esters is 2.